The van der Waals surface area contributed by atoms with E-state index in [-0.39, 0.29) is 29.8 Å². The number of benzene rings is 1. The van der Waals surface area contributed by atoms with E-state index >= 15 is 0 Å². The van der Waals surface area contributed by atoms with Gasteiger partial charge in [0, 0.05) is 17.3 Å². The predicted octanol–water partition coefficient (Wildman–Crippen LogP) is 2.11. The van der Waals surface area contributed by atoms with Gasteiger partial charge in [-0.2, -0.15) is 0 Å². The Labute approximate surface area is 149 Å². The number of hydrogen-bond acceptors (Lipinski definition) is 5. The first-order chi connectivity index (χ1) is 11.5. The predicted molar refractivity (Wildman–Crippen MR) is 93.1 cm³/mol. The SMILES string of the molecule is O=C1COC(CNS(=O)(=O)c2cccs2)CN1c1ccc(Cl)cc1. The number of anilines is 1. The van der Waals surface area contributed by atoms with Crippen LogP contribution in [0.3, 0.4) is 0 Å². The van der Waals surface area contributed by atoms with Crippen molar-refractivity contribution in [2.45, 2.75) is 10.3 Å². The fourth-order valence-corrected chi connectivity index (χ4v) is 4.54. The van der Waals surface area contributed by atoms with E-state index in [1.807, 2.05) is 0 Å². The van der Waals surface area contributed by atoms with Crippen LogP contribution in [0.5, 0.6) is 0 Å². The summed E-state index contributed by atoms with van der Waals surface area (Å²) in [6, 6.07) is 10.1. The Morgan fingerprint density at radius 1 is 1.29 bits per heavy atom. The summed E-state index contributed by atoms with van der Waals surface area (Å²) < 4.78 is 32.5. The Morgan fingerprint density at radius 3 is 2.71 bits per heavy atom. The molecule has 1 atom stereocenters. The standard InChI is InChI=1S/C15H15ClN2O4S2/c16-11-3-5-12(6-4-11)18-9-13(22-10-14(18)19)8-17-24(20,21)15-2-1-7-23-15/h1-7,13,17H,8-10H2. The van der Waals surface area contributed by atoms with Crippen molar-refractivity contribution in [3.05, 3.63) is 46.8 Å². The van der Waals surface area contributed by atoms with Crippen molar-refractivity contribution >= 4 is 44.6 Å². The highest BCUT2D eigenvalue weighted by Crippen LogP contribution is 2.21. The number of nitrogens with one attached hydrogen (secondary N) is 1. The molecule has 9 heteroatoms. The fourth-order valence-electron chi connectivity index (χ4n) is 2.31. The van der Waals surface area contributed by atoms with Crippen molar-refractivity contribution in [2.24, 2.45) is 0 Å². The Bertz CT molecular complexity index is 807. The topological polar surface area (TPSA) is 75.7 Å². The molecule has 1 aromatic heterocycles. The summed E-state index contributed by atoms with van der Waals surface area (Å²) in [7, 11) is -3.55. The molecule has 1 aliphatic rings. The van der Waals surface area contributed by atoms with Gasteiger partial charge in [-0.05, 0) is 35.7 Å². The molecule has 1 unspecified atom stereocenters. The molecule has 1 aromatic carbocycles. The summed E-state index contributed by atoms with van der Waals surface area (Å²) in [6.07, 6.45) is -0.423. The maximum absolute atomic E-state index is 12.1. The van der Waals surface area contributed by atoms with E-state index in [0.717, 1.165) is 11.3 Å². The molecule has 3 rings (SSSR count). The number of morpholine rings is 1. The number of nitrogens with zero attached hydrogens (tertiary/aromatic N) is 1. The number of hydrogen-bond donors (Lipinski definition) is 1. The molecule has 1 N–H and O–H groups in total. The summed E-state index contributed by atoms with van der Waals surface area (Å²) in [6.45, 7) is 0.277. The highest BCUT2D eigenvalue weighted by atomic mass is 35.5. The van der Waals surface area contributed by atoms with Gasteiger partial charge in [0.05, 0.1) is 12.6 Å². The van der Waals surface area contributed by atoms with Gasteiger partial charge in [-0.3, -0.25) is 4.79 Å². The monoisotopic (exact) mass is 386 g/mol. The van der Waals surface area contributed by atoms with Gasteiger partial charge >= 0.3 is 0 Å². The molecule has 2 heterocycles. The summed E-state index contributed by atoms with van der Waals surface area (Å²) in [5.74, 6) is -0.172. The third kappa shape index (κ3) is 3.96. The maximum Gasteiger partial charge on any atom is 0.253 e. The van der Waals surface area contributed by atoms with Gasteiger partial charge < -0.3 is 9.64 Å². The Morgan fingerprint density at radius 2 is 2.04 bits per heavy atom. The lowest BCUT2D eigenvalue weighted by Crippen LogP contribution is -2.50. The van der Waals surface area contributed by atoms with E-state index in [9.17, 15) is 13.2 Å². The van der Waals surface area contributed by atoms with E-state index in [1.165, 1.54) is 6.07 Å². The lowest BCUT2D eigenvalue weighted by Gasteiger charge is -2.32. The number of sulfonamides is 1. The molecule has 1 amide bonds. The molecule has 1 saturated heterocycles. The molecule has 1 fully saturated rings. The first-order valence-electron chi connectivity index (χ1n) is 7.16. The molecule has 24 heavy (non-hydrogen) atoms. The second kappa shape index (κ2) is 7.20. The Kier molecular flexibility index (Phi) is 5.21. The van der Waals surface area contributed by atoms with Crippen molar-refractivity contribution in [1.29, 1.82) is 0 Å². The van der Waals surface area contributed by atoms with E-state index in [2.05, 4.69) is 4.72 Å². The zero-order valence-corrected chi connectivity index (χ0v) is 14.9. The average Bonchev–Trinajstić information content (AvgIpc) is 3.10. The van der Waals surface area contributed by atoms with Crippen molar-refractivity contribution in [1.82, 2.24) is 4.72 Å². The van der Waals surface area contributed by atoms with Gasteiger partial charge in [0.2, 0.25) is 10.0 Å². The zero-order chi connectivity index (χ0) is 17.2. The van der Waals surface area contributed by atoms with Gasteiger partial charge in [-0.25, -0.2) is 13.1 Å². The minimum absolute atomic E-state index is 0.0893. The molecule has 2 aromatic rings. The molecule has 0 bridgehead atoms. The van der Waals surface area contributed by atoms with Crippen molar-refractivity contribution in [3.8, 4) is 0 Å². The largest absolute Gasteiger partial charge is 0.365 e. The van der Waals surface area contributed by atoms with Crippen LogP contribution in [-0.4, -0.2) is 40.1 Å². The van der Waals surface area contributed by atoms with Gasteiger partial charge in [-0.15, -0.1) is 11.3 Å². The highest BCUT2D eigenvalue weighted by molar-refractivity contribution is 7.91. The van der Waals surface area contributed by atoms with Gasteiger partial charge in [0.25, 0.3) is 5.91 Å². The number of ether oxygens (including phenoxy) is 1. The highest BCUT2D eigenvalue weighted by Gasteiger charge is 2.28. The van der Waals surface area contributed by atoms with Crippen LogP contribution in [0, 0.1) is 0 Å². The Balaban J connectivity index is 1.65. The number of amides is 1. The number of carbonyl (C=O) groups is 1. The number of carbonyl (C=O) groups excluding carboxylic acids is 1. The first kappa shape index (κ1) is 17.4. The second-order valence-corrected chi connectivity index (χ2v) is 8.58. The molecule has 0 radical (unpaired) electrons. The number of halogens is 1. The van der Waals surface area contributed by atoms with Gasteiger partial charge in [0.15, 0.2) is 0 Å². The van der Waals surface area contributed by atoms with Crippen LogP contribution in [-0.2, 0) is 19.6 Å². The molecule has 1 aliphatic heterocycles. The fraction of sp³-hybridized carbons (Fsp3) is 0.267. The molecule has 0 saturated carbocycles. The maximum atomic E-state index is 12.1. The lowest BCUT2D eigenvalue weighted by atomic mass is 10.2. The minimum Gasteiger partial charge on any atom is -0.365 e. The van der Waals surface area contributed by atoms with E-state index in [0.29, 0.717) is 10.7 Å². The van der Waals surface area contributed by atoms with E-state index < -0.39 is 16.1 Å². The lowest BCUT2D eigenvalue weighted by molar-refractivity contribution is -0.129. The molecule has 128 valence electrons. The Hall–Kier alpha value is -1.45. The summed E-state index contributed by atoms with van der Waals surface area (Å²) in [5.41, 5.74) is 0.707. The number of thiophene rings is 1. The summed E-state index contributed by atoms with van der Waals surface area (Å²) >= 11 is 7.01. The quantitative estimate of drug-likeness (QED) is 0.853. The summed E-state index contributed by atoms with van der Waals surface area (Å²) in [4.78, 5) is 13.6. The second-order valence-electron chi connectivity index (χ2n) is 5.20. The molecule has 6 nitrogen and oxygen atoms in total. The van der Waals surface area contributed by atoms with Crippen LogP contribution >= 0.6 is 22.9 Å². The van der Waals surface area contributed by atoms with Crippen LogP contribution < -0.4 is 9.62 Å². The zero-order valence-electron chi connectivity index (χ0n) is 12.5. The van der Waals surface area contributed by atoms with Crippen LogP contribution in [0.25, 0.3) is 0 Å². The normalized spacial score (nSPS) is 18.8. The molecule has 0 spiro atoms. The van der Waals surface area contributed by atoms with Gasteiger partial charge in [-0.1, -0.05) is 17.7 Å². The van der Waals surface area contributed by atoms with Crippen LogP contribution in [0.15, 0.2) is 46.0 Å². The molecular formula is C15H15ClN2O4S2. The van der Waals surface area contributed by atoms with Crippen LogP contribution in [0.2, 0.25) is 5.02 Å². The minimum atomic E-state index is -3.55. The smallest absolute Gasteiger partial charge is 0.253 e. The molecule has 0 aliphatic carbocycles. The van der Waals surface area contributed by atoms with E-state index in [4.69, 9.17) is 16.3 Å². The molecular weight excluding hydrogens is 372 g/mol. The van der Waals surface area contributed by atoms with Gasteiger partial charge in [0.1, 0.15) is 10.8 Å². The van der Waals surface area contributed by atoms with E-state index in [1.54, 1.807) is 40.6 Å². The van der Waals surface area contributed by atoms with Crippen molar-refractivity contribution < 1.29 is 17.9 Å². The average molecular weight is 387 g/mol. The summed E-state index contributed by atoms with van der Waals surface area (Å²) in [5, 5.41) is 2.28. The van der Waals surface area contributed by atoms with Crippen molar-refractivity contribution in [2.75, 3.05) is 24.6 Å². The van der Waals surface area contributed by atoms with Crippen LogP contribution in [0.1, 0.15) is 0 Å². The number of rotatable bonds is 5. The third-order valence-electron chi connectivity index (χ3n) is 3.53. The van der Waals surface area contributed by atoms with Crippen LogP contribution in [0.4, 0.5) is 5.69 Å². The third-order valence-corrected chi connectivity index (χ3v) is 6.60. The first-order valence-corrected chi connectivity index (χ1v) is 9.90. The van der Waals surface area contributed by atoms with Crippen molar-refractivity contribution in [3.63, 3.8) is 0 Å².